The Morgan fingerprint density at radius 1 is 1.07 bits per heavy atom. The third kappa shape index (κ3) is 3.69. The molecule has 0 N–H and O–H groups in total. The van der Waals surface area contributed by atoms with Crippen LogP contribution in [0.1, 0.15) is 29.2 Å². The monoisotopic (exact) mass is 474 g/mol. The number of halogens is 1. The van der Waals surface area contributed by atoms with Crippen molar-refractivity contribution in [3.8, 4) is 0 Å². The Balaban J connectivity index is 1.87. The average molecular weight is 476 g/mol. The van der Waals surface area contributed by atoms with Crippen molar-refractivity contribution in [2.45, 2.75) is 50.2 Å². The Labute approximate surface area is 177 Å². The van der Waals surface area contributed by atoms with Crippen molar-refractivity contribution in [2.75, 3.05) is 5.75 Å². The normalized spacial score (nSPS) is 17.8. The Morgan fingerprint density at radius 3 is 2.57 bits per heavy atom. The second-order valence-corrected chi connectivity index (χ2v) is 18.0. The van der Waals surface area contributed by atoms with Crippen molar-refractivity contribution >= 4 is 55.4 Å². The molecule has 0 amide bonds. The van der Waals surface area contributed by atoms with Crippen molar-refractivity contribution in [3.05, 3.63) is 58.1 Å². The van der Waals surface area contributed by atoms with Gasteiger partial charge in [0, 0.05) is 23.7 Å². The molecule has 0 aromatic heterocycles. The van der Waals surface area contributed by atoms with E-state index in [1.165, 1.54) is 27.1 Å². The van der Waals surface area contributed by atoms with E-state index in [0.29, 0.717) is 5.75 Å². The van der Waals surface area contributed by atoms with E-state index in [9.17, 15) is 8.42 Å². The van der Waals surface area contributed by atoms with Crippen LogP contribution in [-0.2, 0) is 16.3 Å². The van der Waals surface area contributed by atoms with Gasteiger partial charge in [0.15, 0.2) is 9.84 Å². The predicted octanol–water partition coefficient (Wildman–Crippen LogP) is 6.89. The summed E-state index contributed by atoms with van der Waals surface area (Å²) in [7, 11) is -4.53. The molecule has 0 aliphatic heterocycles. The molecule has 148 valence electrons. The summed E-state index contributed by atoms with van der Waals surface area (Å²) in [5.74, 6) is 0.323. The van der Waals surface area contributed by atoms with Gasteiger partial charge < -0.3 is 0 Å². The van der Waals surface area contributed by atoms with Gasteiger partial charge in [0.2, 0.25) is 0 Å². The number of aryl methyl sites for hydroxylation is 1. The van der Waals surface area contributed by atoms with Crippen molar-refractivity contribution in [1.29, 1.82) is 0 Å². The van der Waals surface area contributed by atoms with E-state index in [-0.39, 0.29) is 5.25 Å². The molecule has 0 spiro atoms. The van der Waals surface area contributed by atoms with Crippen LogP contribution in [0.4, 0.5) is 0 Å². The third-order valence-corrected chi connectivity index (χ3v) is 10.8. The Morgan fingerprint density at radius 2 is 1.82 bits per heavy atom. The smallest absolute Gasteiger partial charge is 0.157 e. The SMILES string of the molecule is C[Si](C)(C)CCS(=O)(=O)C1CCCc2c1ccc1c2c(Br)cc2ccccc21. The van der Waals surface area contributed by atoms with Crippen molar-refractivity contribution in [3.63, 3.8) is 0 Å². The van der Waals surface area contributed by atoms with E-state index >= 15 is 0 Å². The summed E-state index contributed by atoms with van der Waals surface area (Å²) >= 11 is 3.78. The molecule has 0 saturated carbocycles. The first-order chi connectivity index (χ1) is 13.2. The number of benzene rings is 3. The van der Waals surface area contributed by atoms with Crippen LogP contribution in [0.5, 0.6) is 0 Å². The van der Waals surface area contributed by atoms with Gasteiger partial charge in [-0.15, -0.1) is 0 Å². The molecular weight excluding hydrogens is 448 g/mol. The fraction of sp³-hybridized carbons (Fsp3) is 0.391. The number of rotatable bonds is 4. The number of fused-ring (bicyclic) bond motifs is 5. The van der Waals surface area contributed by atoms with Crippen LogP contribution < -0.4 is 0 Å². The quantitative estimate of drug-likeness (QED) is 0.304. The summed E-state index contributed by atoms with van der Waals surface area (Å²) in [5, 5.41) is 4.49. The Hall–Kier alpha value is -1.17. The molecule has 3 aromatic rings. The van der Waals surface area contributed by atoms with Crippen LogP contribution in [0.25, 0.3) is 21.5 Å². The van der Waals surface area contributed by atoms with E-state index < -0.39 is 17.9 Å². The molecule has 1 unspecified atom stereocenters. The molecule has 5 heteroatoms. The molecular formula is C23H27BrO2SSi. The van der Waals surface area contributed by atoms with Crippen LogP contribution in [0.2, 0.25) is 25.7 Å². The first-order valence-corrected chi connectivity index (χ1v) is 16.2. The highest BCUT2D eigenvalue weighted by molar-refractivity contribution is 9.10. The molecule has 0 bridgehead atoms. The molecule has 0 heterocycles. The number of hydrogen-bond donors (Lipinski definition) is 0. The van der Waals surface area contributed by atoms with Gasteiger partial charge in [-0.2, -0.15) is 0 Å². The lowest BCUT2D eigenvalue weighted by atomic mass is 9.86. The second-order valence-electron chi connectivity index (χ2n) is 9.19. The Bertz CT molecular complexity index is 1160. The minimum absolute atomic E-state index is 0.323. The summed E-state index contributed by atoms with van der Waals surface area (Å²) in [6.45, 7) is 6.73. The van der Waals surface area contributed by atoms with Crippen molar-refractivity contribution in [2.24, 2.45) is 0 Å². The van der Waals surface area contributed by atoms with Crippen LogP contribution in [0.15, 0.2) is 46.9 Å². The van der Waals surface area contributed by atoms with Crippen LogP contribution in [0.3, 0.4) is 0 Å². The van der Waals surface area contributed by atoms with Gasteiger partial charge >= 0.3 is 0 Å². The summed E-state index contributed by atoms with van der Waals surface area (Å²) in [6.07, 6.45) is 2.63. The standard InChI is InChI=1S/C23H27BrO2SSi/c1-28(2,3)14-13-27(25,26)22-10-6-9-19-18(22)11-12-20-17-8-5-4-7-16(17)15-21(24)23(19)20/h4-5,7-8,11-12,15,22H,6,9-10,13-14H2,1-3H3. The maximum absolute atomic E-state index is 13.2. The largest absolute Gasteiger partial charge is 0.228 e. The highest BCUT2D eigenvalue weighted by Gasteiger charge is 2.33. The molecule has 0 radical (unpaired) electrons. The number of sulfone groups is 1. The van der Waals surface area contributed by atoms with Crippen LogP contribution in [-0.4, -0.2) is 22.2 Å². The third-order valence-electron chi connectivity index (χ3n) is 5.93. The zero-order chi connectivity index (χ0) is 20.1. The van der Waals surface area contributed by atoms with Crippen molar-refractivity contribution < 1.29 is 8.42 Å². The molecule has 0 saturated heterocycles. The van der Waals surface area contributed by atoms with Gasteiger partial charge in [-0.1, -0.05) is 72.0 Å². The molecule has 0 fully saturated rings. The molecule has 2 nitrogen and oxygen atoms in total. The molecule has 1 aliphatic rings. The fourth-order valence-electron chi connectivity index (χ4n) is 4.39. The van der Waals surface area contributed by atoms with Crippen LogP contribution in [0, 0.1) is 0 Å². The van der Waals surface area contributed by atoms with Gasteiger partial charge in [-0.05, 0) is 58.7 Å². The van der Waals surface area contributed by atoms with Gasteiger partial charge in [0.25, 0.3) is 0 Å². The summed E-state index contributed by atoms with van der Waals surface area (Å²) < 4.78 is 27.5. The highest BCUT2D eigenvalue weighted by atomic mass is 79.9. The summed E-state index contributed by atoms with van der Waals surface area (Å²) in [6, 6.07) is 15.6. The number of hydrogen-bond acceptors (Lipinski definition) is 2. The van der Waals surface area contributed by atoms with E-state index in [1.807, 2.05) is 0 Å². The van der Waals surface area contributed by atoms with E-state index in [0.717, 1.165) is 35.3 Å². The molecule has 4 rings (SSSR count). The predicted molar refractivity (Wildman–Crippen MR) is 127 cm³/mol. The topological polar surface area (TPSA) is 34.1 Å². The minimum Gasteiger partial charge on any atom is -0.228 e. The second kappa shape index (κ2) is 7.26. The zero-order valence-corrected chi connectivity index (χ0v) is 20.2. The van der Waals surface area contributed by atoms with Crippen molar-refractivity contribution in [1.82, 2.24) is 0 Å². The van der Waals surface area contributed by atoms with E-state index in [1.54, 1.807) is 0 Å². The first-order valence-electron chi connectivity index (χ1n) is 10.0. The lowest BCUT2D eigenvalue weighted by molar-refractivity contribution is 0.562. The summed E-state index contributed by atoms with van der Waals surface area (Å²) in [4.78, 5) is 0. The van der Waals surface area contributed by atoms with Gasteiger partial charge in [0.1, 0.15) is 0 Å². The lowest BCUT2D eigenvalue weighted by Gasteiger charge is -2.28. The van der Waals surface area contributed by atoms with E-state index in [2.05, 4.69) is 78.0 Å². The fourth-order valence-corrected chi connectivity index (χ4v) is 10.1. The maximum atomic E-state index is 13.2. The molecule has 3 aromatic carbocycles. The lowest BCUT2D eigenvalue weighted by Crippen LogP contribution is -2.27. The molecule has 28 heavy (non-hydrogen) atoms. The molecule has 1 atom stereocenters. The Kier molecular flexibility index (Phi) is 5.22. The van der Waals surface area contributed by atoms with Gasteiger partial charge in [-0.25, -0.2) is 8.42 Å². The first kappa shape index (κ1) is 20.1. The highest BCUT2D eigenvalue weighted by Crippen LogP contribution is 2.43. The molecule has 1 aliphatic carbocycles. The van der Waals surface area contributed by atoms with Gasteiger partial charge in [-0.3, -0.25) is 0 Å². The summed E-state index contributed by atoms with van der Waals surface area (Å²) in [5.41, 5.74) is 2.26. The van der Waals surface area contributed by atoms with E-state index in [4.69, 9.17) is 0 Å². The average Bonchev–Trinajstić information content (AvgIpc) is 2.65. The zero-order valence-electron chi connectivity index (χ0n) is 16.8. The van der Waals surface area contributed by atoms with Gasteiger partial charge in [0.05, 0.1) is 5.25 Å². The maximum Gasteiger partial charge on any atom is 0.157 e. The minimum atomic E-state index is -3.13. The van der Waals surface area contributed by atoms with Crippen LogP contribution >= 0.6 is 15.9 Å².